The third-order valence-corrected chi connectivity index (χ3v) is 5.68. The summed E-state index contributed by atoms with van der Waals surface area (Å²) < 4.78 is 2.10. The summed E-state index contributed by atoms with van der Waals surface area (Å²) in [5.41, 5.74) is 3.15. The van der Waals surface area contributed by atoms with Crippen molar-refractivity contribution < 1.29 is 0 Å². The van der Waals surface area contributed by atoms with Crippen LogP contribution in [0.2, 0.25) is 0 Å². The lowest BCUT2D eigenvalue weighted by atomic mass is 10.2. The molecular formula is C19H16N4S2. The number of nitrogens with zero attached hydrogens (tertiary/aromatic N) is 4. The molecule has 4 rings (SSSR count). The Labute approximate surface area is 154 Å². The maximum atomic E-state index is 4.76. The molecule has 0 bridgehead atoms. The molecule has 6 heteroatoms. The lowest BCUT2D eigenvalue weighted by Crippen LogP contribution is -1.98. The van der Waals surface area contributed by atoms with Crippen LogP contribution in [0.3, 0.4) is 0 Å². The molecule has 0 unspecified atom stereocenters. The Balaban J connectivity index is 1.87. The van der Waals surface area contributed by atoms with Crippen LogP contribution in [-0.4, -0.2) is 26.0 Å². The van der Waals surface area contributed by atoms with Gasteiger partial charge in [-0.1, -0.05) is 60.3 Å². The zero-order valence-corrected chi connectivity index (χ0v) is 15.5. The monoisotopic (exact) mass is 364 g/mol. The molecule has 0 amide bonds. The summed E-state index contributed by atoms with van der Waals surface area (Å²) in [4.78, 5) is 5.81. The predicted molar refractivity (Wildman–Crippen MR) is 104 cm³/mol. The second-order valence-electron chi connectivity index (χ2n) is 5.48. The van der Waals surface area contributed by atoms with Crippen molar-refractivity contribution in [2.24, 2.45) is 0 Å². The Morgan fingerprint density at radius 2 is 1.60 bits per heavy atom. The second-order valence-corrected chi connectivity index (χ2v) is 7.25. The van der Waals surface area contributed by atoms with Gasteiger partial charge in [-0.25, -0.2) is 4.98 Å². The molecule has 0 saturated heterocycles. The highest BCUT2D eigenvalue weighted by molar-refractivity contribution is 7.98. The quantitative estimate of drug-likeness (QED) is 0.473. The van der Waals surface area contributed by atoms with Gasteiger partial charge in [0.25, 0.3) is 0 Å². The van der Waals surface area contributed by atoms with Gasteiger partial charge in [0, 0.05) is 11.3 Å². The Bertz CT molecular complexity index is 991. The van der Waals surface area contributed by atoms with E-state index in [9.17, 15) is 0 Å². The first-order valence-electron chi connectivity index (χ1n) is 7.86. The number of hydrogen-bond acceptors (Lipinski definition) is 5. The largest absolute Gasteiger partial charge is 0.269 e. The summed E-state index contributed by atoms with van der Waals surface area (Å²) >= 11 is 3.24. The molecule has 0 saturated carbocycles. The Kier molecular flexibility index (Phi) is 4.38. The Morgan fingerprint density at radius 1 is 0.920 bits per heavy atom. The number of thioether (sulfide) groups is 1. The first kappa shape index (κ1) is 16.1. The zero-order chi connectivity index (χ0) is 17.2. The lowest BCUT2D eigenvalue weighted by molar-refractivity contribution is 0.889. The highest BCUT2D eigenvalue weighted by Gasteiger charge is 2.20. The summed E-state index contributed by atoms with van der Waals surface area (Å²) in [5.74, 6) is 0.840. The number of para-hydroxylation sites is 1. The molecule has 124 valence electrons. The lowest BCUT2D eigenvalue weighted by Gasteiger charge is -2.08. The van der Waals surface area contributed by atoms with E-state index in [1.807, 2.05) is 49.6 Å². The number of aromatic nitrogens is 4. The SMILES string of the molecule is CSc1nnc(-c2sc(-c3ccccc3)nc2C)n1-c1ccccc1. The molecule has 0 aliphatic heterocycles. The van der Waals surface area contributed by atoms with Crippen LogP contribution in [0.4, 0.5) is 0 Å². The summed E-state index contributed by atoms with van der Waals surface area (Å²) in [7, 11) is 0. The number of benzene rings is 2. The summed E-state index contributed by atoms with van der Waals surface area (Å²) in [6.07, 6.45) is 2.02. The van der Waals surface area contributed by atoms with Gasteiger partial charge in [0.05, 0.1) is 10.6 Å². The van der Waals surface area contributed by atoms with Gasteiger partial charge in [-0.3, -0.25) is 4.57 Å². The first-order valence-corrected chi connectivity index (χ1v) is 9.90. The van der Waals surface area contributed by atoms with E-state index in [4.69, 9.17) is 4.98 Å². The molecule has 25 heavy (non-hydrogen) atoms. The van der Waals surface area contributed by atoms with Crippen molar-refractivity contribution in [1.29, 1.82) is 0 Å². The maximum absolute atomic E-state index is 4.76. The van der Waals surface area contributed by atoms with Gasteiger partial charge in [0.2, 0.25) is 0 Å². The number of thiazole rings is 1. The second kappa shape index (κ2) is 6.82. The molecular weight excluding hydrogens is 348 g/mol. The molecule has 2 heterocycles. The van der Waals surface area contributed by atoms with Crippen LogP contribution in [0.25, 0.3) is 27.0 Å². The number of aryl methyl sites for hydroxylation is 1. The van der Waals surface area contributed by atoms with E-state index in [1.54, 1.807) is 23.1 Å². The highest BCUT2D eigenvalue weighted by Crippen LogP contribution is 2.36. The van der Waals surface area contributed by atoms with Gasteiger partial charge in [-0.2, -0.15) is 0 Å². The van der Waals surface area contributed by atoms with Crippen molar-refractivity contribution in [3.05, 3.63) is 66.4 Å². The number of rotatable bonds is 4. The molecule has 0 atom stereocenters. The van der Waals surface area contributed by atoms with Crippen LogP contribution in [0.15, 0.2) is 65.8 Å². The van der Waals surface area contributed by atoms with Crippen LogP contribution in [0.5, 0.6) is 0 Å². The molecule has 0 aliphatic carbocycles. The van der Waals surface area contributed by atoms with E-state index < -0.39 is 0 Å². The van der Waals surface area contributed by atoms with E-state index in [0.29, 0.717) is 0 Å². The molecule has 0 aliphatic rings. The fourth-order valence-electron chi connectivity index (χ4n) is 2.67. The van der Waals surface area contributed by atoms with Gasteiger partial charge in [0.1, 0.15) is 5.01 Å². The minimum Gasteiger partial charge on any atom is -0.269 e. The van der Waals surface area contributed by atoms with E-state index in [1.165, 1.54) is 0 Å². The molecule has 0 spiro atoms. The Morgan fingerprint density at radius 3 is 2.28 bits per heavy atom. The predicted octanol–water partition coefficient (Wildman–Crippen LogP) is 5.09. The maximum Gasteiger partial charge on any atom is 0.195 e. The third-order valence-electron chi connectivity index (χ3n) is 3.85. The molecule has 4 aromatic rings. The minimum atomic E-state index is 0.840. The fourth-order valence-corrected chi connectivity index (χ4v) is 4.21. The van der Waals surface area contributed by atoms with Crippen molar-refractivity contribution in [2.75, 3.05) is 6.26 Å². The third kappa shape index (κ3) is 2.99. The molecule has 2 aromatic carbocycles. The first-order chi connectivity index (χ1) is 12.3. The van der Waals surface area contributed by atoms with E-state index >= 15 is 0 Å². The molecule has 0 radical (unpaired) electrons. The van der Waals surface area contributed by atoms with Crippen LogP contribution in [-0.2, 0) is 0 Å². The standard InChI is InChI=1S/C19H16N4S2/c1-13-16(25-18(20-13)14-9-5-3-6-10-14)17-21-22-19(24-2)23(17)15-11-7-4-8-12-15/h3-12H,1-2H3. The topological polar surface area (TPSA) is 43.6 Å². The van der Waals surface area contributed by atoms with Gasteiger partial charge < -0.3 is 0 Å². The normalized spacial score (nSPS) is 11.0. The average Bonchev–Trinajstić information content (AvgIpc) is 3.26. The van der Waals surface area contributed by atoms with Crippen molar-refractivity contribution in [1.82, 2.24) is 19.7 Å². The van der Waals surface area contributed by atoms with Crippen molar-refractivity contribution >= 4 is 23.1 Å². The Hall–Kier alpha value is -2.44. The minimum absolute atomic E-state index is 0.840. The van der Waals surface area contributed by atoms with Gasteiger partial charge in [0.15, 0.2) is 11.0 Å². The molecule has 4 nitrogen and oxygen atoms in total. The van der Waals surface area contributed by atoms with Crippen molar-refractivity contribution in [3.63, 3.8) is 0 Å². The van der Waals surface area contributed by atoms with E-state index in [2.05, 4.69) is 39.0 Å². The zero-order valence-electron chi connectivity index (χ0n) is 13.9. The summed E-state index contributed by atoms with van der Waals surface area (Å²) in [6, 6.07) is 20.4. The molecule has 0 N–H and O–H groups in total. The van der Waals surface area contributed by atoms with E-state index in [0.717, 1.165) is 37.8 Å². The van der Waals surface area contributed by atoms with Gasteiger partial charge >= 0.3 is 0 Å². The fraction of sp³-hybridized carbons (Fsp3) is 0.105. The van der Waals surface area contributed by atoms with Crippen LogP contribution in [0.1, 0.15) is 5.69 Å². The molecule has 0 fully saturated rings. The average molecular weight is 364 g/mol. The summed E-state index contributed by atoms with van der Waals surface area (Å²) in [5, 5.41) is 10.7. The van der Waals surface area contributed by atoms with Crippen molar-refractivity contribution in [3.8, 4) is 27.0 Å². The number of hydrogen-bond donors (Lipinski definition) is 0. The van der Waals surface area contributed by atoms with E-state index in [-0.39, 0.29) is 0 Å². The summed E-state index contributed by atoms with van der Waals surface area (Å²) in [6.45, 7) is 2.03. The van der Waals surface area contributed by atoms with Crippen LogP contribution in [0, 0.1) is 6.92 Å². The highest BCUT2D eigenvalue weighted by atomic mass is 32.2. The smallest absolute Gasteiger partial charge is 0.195 e. The van der Waals surface area contributed by atoms with Crippen molar-refractivity contribution in [2.45, 2.75) is 12.1 Å². The van der Waals surface area contributed by atoms with Gasteiger partial charge in [-0.15, -0.1) is 21.5 Å². The molecule has 2 aromatic heterocycles. The van der Waals surface area contributed by atoms with Crippen LogP contribution < -0.4 is 0 Å². The van der Waals surface area contributed by atoms with Gasteiger partial charge in [-0.05, 0) is 25.3 Å². The van der Waals surface area contributed by atoms with Crippen LogP contribution >= 0.6 is 23.1 Å².